The number of ether oxygens (including phenoxy) is 2. The zero-order chi connectivity index (χ0) is 6.74. The molecule has 3 heteroatoms. The number of carbonyl (C=O) groups is 1. The topological polar surface area (TPSA) is 35.5 Å². The molecule has 0 aromatic heterocycles. The van der Waals surface area contributed by atoms with Crippen LogP contribution in [0.1, 0.15) is 6.92 Å². The predicted molar refractivity (Wildman–Crippen MR) is 31.2 cm³/mol. The van der Waals surface area contributed by atoms with Gasteiger partial charge in [-0.15, -0.1) is 0 Å². The molecular formula is C6H10O3. The standard InChI is InChI=1S/C6H10O3/c1-6(4-7)5-8-2-3-9-6/h4H,2-3,5H2,1H3. The average molecular weight is 130 g/mol. The summed E-state index contributed by atoms with van der Waals surface area (Å²) in [4.78, 5) is 10.3. The average Bonchev–Trinajstić information content (AvgIpc) is 1.90. The lowest BCUT2D eigenvalue weighted by Gasteiger charge is -2.27. The minimum atomic E-state index is -0.682. The van der Waals surface area contributed by atoms with Crippen LogP contribution in [-0.2, 0) is 14.3 Å². The smallest absolute Gasteiger partial charge is 0.153 e. The van der Waals surface area contributed by atoms with Gasteiger partial charge < -0.3 is 14.3 Å². The molecule has 0 radical (unpaired) electrons. The van der Waals surface area contributed by atoms with E-state index in [1.807, 2.05) is 0 Å². The van der Waals surface area contributed by atoms with E-state index in [1.165, 1.54) is 0 Å². The highest BCUT2D eigenvalue weighted by Gasteiger charge is 2.27. The Morgan fingerprint density at radius 1 is 1.56 bits per heavy atom. The van der Waals surface area contributed by atoms with E-state index >= 15 is 0 Å². The van der Waals surface area contributed by atoms with Gasteiger partial charge in [0.15, 0.2) is 6.29 Å². The molecule has 0 spiro atoms. The highest BCUT2D eigenvalue weighted by atomic mass is 16.6. The summed E-state index contributed by atoms with van der Waals surface area (Å²) in [5, 5.41) is 0. The summed E-state index contributed by atoms with van der Waals surface area (Å²) in [6.45, 7) is 3.23. The fourth-order valence-electron chi connectivity index (χ4n) is 0.718. The first-order chi connectivity index (χ1) is 4.27. The number of hydrogen-bond acceptors (Lipinski definition) is 3. The lowest BCUT2D eigenvalue weighted by Crippen LogP contribution is -2.41. The summed E-state index contributed by atoms with van der Waals surface area (Å²) in [7, 11) is 0. The SMILES string of the molecule is CC1(C=O)COCCO1. The molecule has 0 bridgehead atoms. The minimum Gasteiger partial charge on any atom is -0.376 e. The second-order valence-corrected chi connectivity index (χ2v) is 2.33. The lowest BCUT2D eigenvalue weighted by atomic mass is 10.1. The van der Waals surface area contributed by atoms with Gasteiger partial charge in [-0.3, -0.25) is 0 Å². The van der Waals surface area contributed by atoms with E-state index in [-0.39, 0.29) is 0 Å². The number of carbonyl (C=O) groups excluding carboxylic acids is 1. The first-order valence-electron chi connectivity index (χ1n) is 2.95. The third kappa shape index (κ3) is 1.50. The summed E-state index contributed by atoms with van der Waals surface area (Å²) in [6, 6.07) is 0. The summed E-state index contributed by atoms with van der Waals surface area (Å²) in [5.74, 6) is 0. The largest absolute Gasteiger partial charge is 0.376 e. The van der Waals surface area contributed by atoms with Crippen molar-refractivity contribution in [3.63, 3.8) is 0 Å². The van der Waals surface area contributed by atoms with Gasteiger partial charge in [-0.05, 0) is 6.92 Å². The van der Waals surface area contributed by atoms with Crippen LogP contribution in [0.2, 0.25) is 0 Å². The number of aldehydes is 1. The van der Waals surface area contributed by atoms with Gasteiger partial charge in [0.25, 0.3) is 0 Å². The predicted octanol–water partition coefficient (Wildman–Crippen LogP) is -0.00920. The van der Waals surface area contributed by atoms with Crippen molar-refractivity contribution in [1.82, 2.24) is 0 Å². The number of rotatable bonds is 1. The van der Waals surface area contributed by atoms with Crippen molar-refractivity contribution in [3.8, 4) is 0 Å². The molecular weight excluding hydrogens is 120 g/mol. The molecule has 1 unspecified atom stereocenters. The molecule has 52 valence electrons. The Labute approximate surface area is 53.9 Å². The zero-order valence-electron chi connectivity index (χ0n) is 5.42. The molecule has 1 heterocycles. The summed E-state index contributed by atoms with van der Waals surface area (Å²) in [6.07, 6.45) is 0.784. The van der Waals surface area contributed by atoms with Gasteiger partial charge in [-0.1, -0.05) is 0 Å². The van der Waals surface area contributed by atoms with Crippen molar-refractivity contribution in [3.05, 3.63) is 0 Å². The first kappa shape index (κ1) is 6.71. The molecule has 1 aliphatic heterocycles. The molecule has 9 heavy (non-hydrogen) atoms. The van der Waals surface area contributed by atoms with Crippen LogP contribution in [0, 0.1) is 0 Å². The molecule has 1 aliphatic rings. The van der Waals surface area contributed by atoms with E-state index in [0.717, 1.165) is 6.29 Å². The lowest BCUT2D eigenvalue weighted by molar-refractivity contribution is -0.159. The van der Waals surface area contributed by atoms with Gasteiger partial charge in [0.05, 0.1) is 19.8 Å². The normalized spacial score (nSPS) is 36.1. The van der Waals surface area contributed by atoms with Crippen LogP contribution in [0.5, 0.6) is 0 Å². The second kappa shape index (κ2) is 2.45. The van der Waals surface area contributed by atoms with Crippen LogP contribution >= 0.6 is 0 Å². The molecule has 0 aliphatic carbocycles. The molecule has 0 N–H and O–H groups in total. The summed E-state index contributed by atoms with van der Waals surface area (Å²) < 4.78 is 10.1. The quantitative estimate of drug-likeness (QED) is 0.468. The monoisotopic (exact) mass is 130 g/mol. The molecule has 1 rings (SSSR count). The van der Waals surface area contributed by atoms with E-state index < -0.39 is 5.60 Å². The Balaban J connectivity index is 2.46. The Morgan fingerprint density at radius 3 is 2.67 bits per heavy atom. The van der Waals surface area contributed by atoms with E-state index in [0.29, 0.717) is 19.8 Å². The molecule has 0 saturated carbocycles. The van der Waals surface area contributed by atoms with E-state index in [2.05, 4.69) is 0 Å². The van der Waals surface area contributed by atoms with Crippen LogP contribution in [0.4, 0.5) is 0 Å². The van der Waals surface area contributed by atoms with Crippen molar-refractivity contribution >= 4 is 6.29 Å². The van der Waals surface area contributed by atoms with Gasteiger partial charge in [0.2, 0.25) is 0 Å². The van der Waals surface area contributed by atoms with Crippen LogP contribution in [0.25, 0.3) is 0 Å². The second-order valence-electron chi connectivity index (χ2n) is 2.33. The minimum absolute atomic E-state index is 0.385. The Bertz CT molecular complexity index is 105. The molecule has 0 amide bonds. The van der Waals surface area contributed by atoms with E-state index in [4.69, 9.17) is 9.47 Å². The van der Waals surface area contributed by atoms with Crippen molar-refractivity contribution in [2.45, 2.75) is 12.5 Å². The number of hydrogen-bond donors (Lipinski definition) is 0. The van der Waals surface area contributed by atoms with Crippen molar-refractivity contribution < 1.29 is 14.3 Å². The highest BCUT2D eigenvalue weighted by molar-refractivity contribution is 5.62. The van der Waals surface area contributed by atoms with Gasteiger partial charge in [-0.2, -0.15) is 0 Å². The maximum Gasteiger partial charge on any atom is 0.153 e. The Morgan fingerprint density at radius 2 is 2.33 bits per heavy atom. The van der Waals surface area contributed by atoms with Gasteiger partial charge in [0.1, 0.15) is 5.60 Å². The van der Waals surface area contributed by atoms with Crippen LogP contribution < -0.4 is 0 Å². The van der Waals surface area contributed by atoms with Crippen LogP contribution in [0.15, 0.2) is 0 Å². The highest BCUT2D eigenvalue weighted by Crippen LogP contribution is 2.10. The van der Waals surface area contributed by atoms with Gasteiger partial charge in [0, 0.05) is 0 Å². The zero-order valence-corrected chi connectivity index (χ0v) is 5.42. The molecule has 1 fully saturated rings. The molecule has 1 saturated heterocycles. The summed E-state index contributed by atoms with van der Waals surface area (Å²) >= 11 is 0. The third-order valence-electron chi connectivity index (χ3n) is 1.30. The molecule has 1 atom stereocenters. The maximum absolute atomic E-state index is 10.3. The van der Waals surface area contributed by atoms with Crippen molar-refractivity contribution in [1.29, 1.82) is 0 Å². The molecule has 0 aromatic rings. The molecule has 0 aromatic carbocycles. The van der Waals surface area contributed by atoms with Crippen molar-refractivity contribution in [2.24, 2.45) is 0 Å². The Hall–Kier alpha value is -0.410. The fraction of sp³-hybridized carbons (Fsp3) is 0.833. The van der Waals surface area contributed by atoms with Crippen LogP contribution in [-0.4, -0.2) is 31.7 Å². The molecule has 3 nitrogen and oxygen atoms in total. The third-order valence-corrected chi connectivity index (χ3v) is 1.30. The van der Waals surface area contributed by atoms with E-state index in [1.54, 1.807) is 6.92 Å². The van der Waals surface area contributed by atoms with E-state index in [9.17, 15) is 4.79 Å². The van der Waals surface area contributed by atoms with Crippen molar-refractivity contribution in [2.75, 3.05) is 19.8 Å². The van der Waals surface area contributed by atoms with Gasteiger partial charge in [-0.25, -0.2) is 0 Å². The maximum atomic E-state index is 10.3. The van der Waals surface area contributed by atoms with Crippen LogP contribution in [0.3, 0.4) is 0 Å². The fourth-order valence-corrected chi connectivity index (χ4v) is 0.718. The first-order valence-corrected chi connectivity index (χ1v) is 2.95. The summed E-state index contributed by atoms with van der Waals surface area (Å²) in [5.41, 5.74) is -0.682. The Kier molecular flexibility index (Phi) is 1.83. The van der Waals surface area contributed by atoms with Gasteiger partial charge >= 0.3 is 0 Å².